The average molecular weight is 439 g/mol. The summed E-state index contributed by atoms with van der Waals surface area (Å²) in [5, 5.41) is 0. The first-order chi connectivity index (χ1) is 16.6. The van der Waals surface area contributed by atoms with Crippen molar-refractivity contribution in [1.29, 1.82) is 0 Å². The van der Waals surface area contributed by atoms with Gasteiger partial charge < -0.3 is 0 Å². The van der Waals surface area contributed by atoms with Gasteiger partial charge in [0.05, 0.1) is 23.5 Å². The number of allylic oxidation sites excluding steroid dienone is 4. The minimum atomic E-state index is -0.472. The fourth-order valence-corrected chi connectivity index (χ4v) is 8.15. The Kier molecular flexibility index (Phi) is 2.29. The first-order valence-corrected chi connectivity index (χ1v) is 12.3. The quantitative estimate of drug-likeness (QED) is 0.460. The Morgan fingerprint density at radius 2 is 1.65 bits per heavy atom. The van der Waals surface area contributed by atoms with Gasteiger partial charge in [-0.25, -0.2) is 9.13 Å². The standard InChI is InChI=1S/C30H22N4/c1-29(2)24-6-4-3-5-23(24)27-26-12-11-21-14-19-8-7-17-13-18-9-10-20-15-22-16-25(29)28(27)34(22)30(31(17)19,32(18)20)33(21)26/h3-12,14-16,27H,13H2,1-2H3/q+2. The first-order valence-electron chi connectivity index (χ1n) is 12.3. The molecule has 1 aliphatic carbocycles. The number of rotatable bonds is 0. The summed E-state index contributed by atoms with van der Waals surface area (Å²) >= 11 is 0. The summed E-state index contributed by atoms with van der Waals surface area (Å²) in [6.45, 7) is 4.81. The maximum atomic E-state index is 2.69. The molecule has 4 nitrogen and oxygen atoms in total. The van der Waals surface area contributed by atoms with Crippen molar-refractivity contribution in [2.24, 2.45) is 0 Å². The Morgan fingerprint density at radius 3 is 2.59 bits per heavy atom. The van der Waals surface area contributed by atoms with E-state index in [0.717, 1.165) is 6.42 Å². The van der Waals surface area contributed by atoms with Crippen LogP contribution in [0.15, 0.2) is 78.2 Å². The number of nitrogens with zero attached hydrogens (tertiary/aromatic N) is 4. The molecular weight excluding hydrogens is 416 g/mol. The molecule has 0 radical (unpaired) electrons. The average Bonchev–Trinajstić information content (AvgIpc) is 3.61. The van der Waals surface area contributed by atoms with Gasteiger partial charge in [-0.15, -0.1) is 0 Å². The van der Waals surface area contributed by atoms with Crippen LogP contribution in [0.4, 0.5) is 0 Å². The molecule has 0 fully saturated rings. The second-order valence-corrected chi connectivity index (χ2v) is 11.1. The summed E-state index contributed by atoms with van der Waals surface area (Å²) in [7, 11) is 0. The van der Waals surface area contributed by atoms with E-state index in [1.165, 1.54) is 62.3 Å². The minimum Gasteiger partial charge on any atom is -0.203 e. The van der Waals surface area contributed by atoms with E-state index >= 15 is 0 Å². The molecule has 0 amide bonds. The summed E-state index contributed by atoms with van der Waals surface area (Å²) < 4.78 is 10.6. The first kappa shape index (κ1) is 16.7. The van der Waals surface area contributed by atoms with Gasteiger partial charge in [-0.2, -0.15) is 0 Å². The number of aromatic nitrogens is 2. The van der Waals surface area contributed by atoms with Crippen molar-refractivity contribution >= 4 is 23.6 Å². The van der Waals surface area contributed by atoms with Crippen molar-refractivity contribution < 1.29 is 9.15 Å². The number of hydrogen-bond donors (Lipinski definition) is 0. The molecule has 34 heavy (non-hydrogen) atoms. The number of benzene rings is 1. The molecule has 1 aromatic carbocycles. The van der Waals surface area contributed by atoms with Crippen molar-refractivity contribution in [3.05, 3.63) is 118 Å². The predicted molar refractivity (Wildman–Crippen MR) is 131 cm³/mol. The van der Waals surface area contributed by atoms with Gasteiger partial charge in [0.15, 0.2) is 5.71 Å². The molecule has 0 saturated carbocycles. The van der Waals surface area contributed by atoms with Crippen LogP contribution in [-0.2, 0) is 17.7 Å². The maximum Gasteiger partial charge on any atom is 0.552 e. The highest BCUT2D eigenvalue weighted by Gasteiger charge is 2.73. The molecule has 8 heterocycles. The third-order valence-electron chi connectivity index (χ3n) is 9.33. The SMILES string of the molecule is CC1(C)c2ccccc2C2C3=[N+]4C(=Cc5ccc6n5C45n4c(cc1c42)C=C1C=CC(=[N+]15)C6)C=C3. The van der Waals surface area contributed by atoms with Crippen LogP contribution in [0.3, 0.4) is 0 Å². The van der Waals surface area contributed by atoms with E-state index in [2.05, 4.69) is 111 Å². The van der Waals surface area contributed by atoms with Crippen LogP contribution >= 0.6 is 0 Å². The zero-order valence-electron chi connectivity index (χ0n) is 19.1. The monoisotopic (exact) mass is 438 g/mol. The van der Waals surface area contributed by atoms with Gasteiger partial charge >= 0.3 is 5.91 Å². The maximum absolute atomic E-state index is 2.69. The molecule has 160 valence electrons. The molecule has 0 N–H and O–H groups in total. The Hall–Kier alpha value is -3.92. The number of fused-ring (bicyclic) bond motifs is 3. The van der Waals surface area contributed by atoms with Crippen LogP contribution in [0.1, 0.15) is 59.2 Å². The van der Waals surface area contributed by atoms with Gasteiger partial charge in [-0.1, -0.05) is 47.3 Å². The normalized spacial score (nSPS) is 28.1. The molecule has 1 spiro atoms. The lowest BCUT2D eigenvalue weighted by Gasteiger charge is -2.44. The summed E-state index contributed by atoms with van der Waals surface area (Å²) in [4.78, 5) is 0. The van der Waals surface area contributed by atoms with Crippen molar-refractivity contribution in [1.82, 2.24) is 9.13 Å². The second kappa shape index (κ2) is 4.67. The highest BCUT2D eigenvalue weighted by atomic mass is 15.6. The van der Waals surface area contributed by atoms with Crippen LogP contribution in [-0.4, -0.2) is 29.7 Å². The zero-order chi connectivity index (χ0) is 22.1. The van der Waals surface area contributed by atoms with E-state index in [4.69, 9.17) is 0 Å². The third-order valence-corrected chi connectivity index (χ3v) is 9.33. The molecule has 0 saturated heterocycles. The van der Waals surface area contributed by atoms with Crippen LogP contribution in [0.25, 0.3) is 12.2 Å². The van der Waals surface area contributed by atoms with Crippen LogP contribution < -0.4 is 0 Å². The lowest BCUT2D eigenvalue weighted by molar-refractivity contribution is -0.836. The number of hydrogen-bond acceptors (Lipinski definition) is 0. The van der Waals surface area contributed by atoms with Gasteiger partial charge in [0.25, 0.3) is 0 Å². The van der Waals surface area contributed by atoms with Crippen molar-refractivity contribution in [2.45, 2.75) is 37.5 Å². The van der Waals surface area contributed by atoms with Crippen molar-refractivity contribution in [2.75, 3.05) is 0 Å². The molecule has 2 unspecified atom stereocenters. The summed E-state index contributed by atoms with van der Waals surface area (Å²) in [5.74, 6) is -0.239. The molecule has 4 heteroatoms. The van der Waals surface area contributed by atoms with E-state index in [0.29, 0.717) is 0 Å². The molecule has 0 bridgehead atoms. The lowest BCUT2D eigenvalue weighted by atomic mass is 9.66. The van der Waals surface area contributed by atoms with Crippen LogP contribution in [0, 0.1) is 0 Å². The van der Waals surface area contributed by atoms with Gasteiger partial charge in [0, 0.05) is 47.6 Å². The zero-order valence-corrected chi connectivity index (χ0v) is 19.1. The van der Waals surface area contributed by atoms with Gasteiger partial charge in [-0.3, -0.25) is 0 Å². The molecule has 2 aromatic heterocycles. The Labute approximate surface area is 197 Å². The van der Waals surface area contributed by atoms with Crippen LogP contribution in [0.2, 0.25) is 0 Å². The van der Waals surface area contributed by atoms with E-state index in [1.807, 2.05) is 0 Å². The van der Waals surface area contributed by atoms with E-state index in [-0.39, 0.29) is 11.3 Å². The third kappa shape index (κ3) is 1.38. The lowest BCUT2D eigenvalue weighted by Crippen LogP contribution is -2.67. The topological polar surface area (TPSA) is 15.9 Å². The van der Waals surface area contributed by atoms with E-state index in [9.17, 15) is 0 Å². The Bertz CT molecular complexity index is 1810. The summed E-state index contributed by atoms with van der Waals surface area (Å²) in [5.41, 5.74) is 15.1. The second-order valence-electron chi connectivity index (χ2n) is 11.1. The molecule has 10 rings (SSSR count). The fraction of sp³-hybridized carbons (Fsp3) is 0.200. The largest absolute Gasteiger partial charge is 0.552 e. The Balaban J connectivity index is 1.49. The minimum absolute atomic E-state index is 0.0514. The van der Waals surface area contributed by atoms with Gasteiger partial charge in [-0.05, 0) is 34.9 Å². The van der Waals surface area contributed by atoms with Crippen molar-refractivity contribution in [3.63, 3.8) is 0 Å². The molecule has 3 aromatic rings. The smallest absolute Gasteiger partial charge is 0.203 e. The summed E-state index contributed by atoms with van der Waals surface area (Å²) in [6.07, 6.45) is 15.1. The molecule has 2 atom stereocenters. The fourth-order valence-electron chi connectivity index (χ4n) is 8.15. The van der Waals surface area contributed by atoms with Gasteiger partial charge in [0.1, 0.15) is 5.92 Å². The van der Waals surface area contributed by atoms with E-state index < -0.39 is 5.91 Å². The molecular formula is C30H22N4+2. The molecule has 6 aliphatic heterocycles. The highest BCUT2D eigenvalue weighted by molar-refractivity contribution is 6.03. The highest BCUT2D eigenvalue weighted by Crippen LogP contribution is 2.57. The van der Waals surface area contributed by atoms with Crippen molar-refractivity contribution in [3.8, 4) is 0 Å². The van der Waals surface area contributed by atoms with Gasteiger partial charge in [0.2, 0.25) is 17.1 Å². The summed E-state index contributed by atoms with van der Waals surface area (Å²) in [6, 6.07) is 16.3. The Morgan fingerprint density at radius 1 is 0.824 bits per heavy atom. The predicted octanol–water partition coefficient (Wildman–Crippen LogP) is 4.50. The van der Waals surface area contributed by atoms with Crippen LogP contribution in [0.5, 0.6) is 0 Å². The molecule has 7 aliphatic rings. The van der Waals surface area contributed by atoms with E-state index in [1.54, 1.807) is 0 Å².